The number of esters is 1. The second kappa shape index (κ2) is 10.8. The Kier molecular flexibility index (Phi) is 7.15. The minimum absolute atomic E-state index is 0.154. The van der Waals surface area contributed by atoms with Crippen molar-refractivity contribution in [2.24, 2.45) is 0 Å². The molecule has 0 bridgehead atoms. The molecular weight excluding hydrogens is 496 g/mol. The molecule has 0 saturated heterocycles. The van der Waals surface area contributed by atoms with E-state index in [2.05, 4.69) is 8.75 Å². The molecule has 0 aliphatic carbocycles. The van der Waals surface area contributed by atoms with Crippen molar-refractivity contribution in [1.82, 2.24) is 18.5 Å². The van der Waals surface area contributed by atoms with E-state index in [4.69, 9.17) is 14.6 Å². The number of rotatable bonds is 10. The van der Waals surface area contributed by atoms with Crippen LogP contribution < -0.4 is 4.74 Å². The van der Waals surface area contributed by atoms with Crippen LogP contribution in [0.5, 0.6) is 5.88 Å². The Morgan fingerprint density at radius 1 is 1.06 bits per heavy atom. The maximum atomic E-state index is 12.2. The molecule has 0 fully saturated rings. The van der Waals surface area contributed by atoms with Crippen molar-refractivity contribution in [2.75, 3.05) is 6.61 Å². The van der Waals surface area contributed by atoms with Gasteiger partial charge in [0.15, 0.2) is 0 Å². The van der Waals surface area contributed by atoms with Crippen LogP contribution in [-0.4, -0.2) is 37.6 Å². The summed E-state index contributed by atoms with van der Waals surface area (Å²) in [7, 11) is 0. The Morgan fingerprint density at radius 3 is 2.67 bits per heavy atom. The normalized spacial score (nSPS) is 11.0. The molecular formula is C26H22N4O4S2. The van der Waals surface area contributed by atoms with Crippen LogP contribution in [0.2, 0.25) is 0 Å². The molecule has 0 spiro atoms. The van der Waals surface area contributed by atoms with Gasteiger partial charge >= 0.3 is 5.97 Å². The number of hydrogen-bond acceptors (Lipinski definition) is 9. The fourth-order valence-electron chi connectivity index (χ4n) is 4.09. The summed E-state index contributed by atoms with van der Waals surface area (Å²) < 4.78 is 21.0. The second-order valence-electron chi connectivity index (χ2n) is 8.00. The van der Waals surface area contributed by atoms with Gasteiger partial charge in [0, 0.05) is 12.0 Å². The van der Waals surface area contributed by atoms with Gasteiger partial charge in [-0.15, -0.1) is 11.3 Å². The summed E-state index contributed by atoms with van der Waals surface area (Å²) >= 11 is 2.74. The van der Waals surface area contributed by atoms with Crippen LogP contribution in [-0.2, 0) is 33.7 Å². The van der Waals surface area contributed by atoms with E-state index in [-0.39, 0.29) is 12.4 Å². The third-order valence-electron chi connectivity index (χ3n) is 5.69. The van der Waals surface area contributed by atoms with Gasteiger partial charge in [0.05, 0.1) is 36.2 Å². The highest BCUT2D eigenvalue weighted by Gasteiger charge is 2.23. The highest BCUT2D eigenvalue weighted by atomic mass is 32.1. The summed E-state index contributed by atoms with van der Waals surface area (Å²) in [6, 6.07) is 17.5. The van der Waals surface area contributed by atoms with Gasteiger partial charge in [-0.05, 0) is 47.2 Å². The zero-order chi connectivity index (χ0) is 24.9. The van der Waals surface area contributed by atoms with Gasteiger partial charge in [-0.3, -0.25) is 9.59 Å². The average molecular weight is 519 g/mol. The molecule has 0 amide bonds. The van der Waals surface area contributed by atoms with Crippen molar-refractivity contribution in [1.29, 1.82) is 0 Å². The summed E-state index contributed by atoms with van der Waals surface area (Å²) in [4.78, 5) is 24.7. The third kappa shape index (κ3) is 5.05. The molecule has 0 radical (unpaired) electrons. The highest BCUT2D eigenvalue weighted by molar-refractivity contribution is 7.13. The van der Waals surface area contributed by atoms with Crippen LogP contribution in [0.1, 0.15) is 29.2 Å². The summed E-state index contributed by atoms with van der Waals surface area (Å²) in [5, 5.41) is 6.86. The van der Waals surface area contributed by atoms with Crippen molar-refractivity contribution >= 4 is 46.5 Å². The number of carbonyl (C=O) groups excluding carboxylic acids is 2. The molecule has 3 heterocycles. The molecule has 0 saturated carbocycles. The summed E-state index contributed by atoms with van der Waals surface area (Å²) in [6.07, 6.45) is 0.649. The van der Waals surface area contributed by atoms with E-state index in [1.54, 1.807) is 22.9 Å². The van der Waals surface area contributed by atoms with Crippen molar-refractivity contribution in [3.63, 3.8) is 0 Å². The van der Waals surface area contributed by atoms with E-state index in [0.29, 0.717) is 31.9 Å². The van der Waals surface area contributed by atoms with E-state index in [9.17, 15) is 9.59 Å². The average Bonchev–Trinajstić information content (AvgIpc) is 3.62. The molecule has 5 aromatic rings. The van der Waals surface area contributed by atoms with Gasteiger partial charge in [0.2, 0.25) is 5.88 Å². The second-order valence-corrected chi connectivity index (χ2v) is 9.47. The predicted molar refractivity (Wildman–Crippen MR) is 138 cm³/mol. The molecule has 0 aliphatic rings. The fraction of sp³-hybridized carbons (Fsp3) is 0.192. The molecule has 0 unspecified atom stereocenters. The number of fused-ring (bicyclic) bond motifs is 1. The largest absolute Gasteiger partial charge is 0.466 e. The Bertz CT molecular complexity index is 1510. The fourth-order valence-corrected chi connectivity index (χ4v) is 5.35. The van der Waals surface area contributed by atoms with E-state index in [0.717, 1.165) is 43.9 Å². The Labute approximate surface area is 215 Å². The lowest BCUT2D eigenvalue weighted by molar-refractivity contribution is -0.142. The molecule has 2 aromatic carbocycles. The number of thiophene rings is 1. The monoisotopic (exact) mass is 518 g/mol. The van der Waals surface area contributed by atoms with Crippen LogP contribution in [0, 0.1) is 0 Å². The summed E-state index contributed by atoms with van der Waals surface area (Å²) in [5.41, 5.74) is 5.96. The quantitative estimate of drug-likeness (QED) is 0.192. The smallest absolute Gasteiger partial charge is 0.310 e. The molecule has 0 N–H and O–H groups in total. The number of nitrogens with zero attached hydrogens (tertiary/aromatic N) is 4. The minimum atomic E-state index is -0.290. The van der Waals surface area contributed by atoms with Gasteiger partial charge < -0.3 is 9.47 Å². The first-order valence-electron chi connectivity index (χ1n) is 11.3. The number of ether oxygens (including phenoxy) is 2. The lowest BCUT2D eigenvalue weighted by atomic mass is 10.0. The molecule has 0 atom stereocenters. The van der Waals surface area contributed by atoms with Crippen LogP contribution in [0.15, 0.2) is 60.0 Å². The highest BCUT2D eigenvalue weighted by Crippen LogP contribution is 2.36. The first-order chi connectivity index (χ1) is 17.7. The molecule has 10 heteroatoms. The molecule has 182 valence electrons. The van der Waals surface area contributed by atoms with Gasteiger partial charge in [-0.1, -0.05) is 36.4 Å². The van der Waals surface area contributed by atoms with Crippen LogP contribution >= 0.6 is 23.1 Å². The Morgan fingerprint density at radius 2 is 1.89 bits per heavy atom. The Balaban J connectivity index is 1.56. The lowest BCUT2D eigenvalue weighted by Gasteiger charge is -2.11. The SMILES string of the molecule is CCOC(=O)Cc1ccccc1Cn1nc(-c2cccs2)c(Cc2ccc3nsnc3c2)c1OC=O. The lowest BCUT2D eigenvalue weighted by Crippen LogP contribution is -2.12. The van der Waals surface area contributed by atoms with Crippen LogP contribution in [0.3, 0.4) is 0 Å². The number of hydrogen-bond donors (Lipinski definition) is 0. The molecule has 8 nitrogen and oxygen atoms in total. The number of carbonyl (C=O) groups is 2. The van der Waals surface area contributed by atoms with Crippen LogP contribution in [0.25, 0.3) is 21.6 Å². The first-order valence-corrected chi connectivity index (χ1v) is 12.9. The zero-order valence-corrected chi connectivity index (χ0v) is 21.1. The number of benzene rings is 2. The summed E-state index contributed by atoms with van der Waals surface area (Å²) in [5.74, 6) is 0.0810. The third-order valence-corrected chi connectivity index (χ3v) is 7.12. The predicted octanol–water partition coefficient (Wildman–Crippen LogP) is 4.90. The zero-order valence-electron chi connectivity index (χ0n) is 19.4. The van der Waals surface area contributed by atoms with Crippen molar-refractivity contribution in [3.05, 3.63) is 82.2 Å². The van der Waals surface area contributed by atoms with Crippen molar-refractivity contribution in [2.45, 2.75) is 26.3 Å². The van der Waals surface area contributed by atoms with Crippen LogP contribution in [0.4, 0.5) is 0 Å². The first kappa shape index (κ1) is 23.8. The standard InChI is InChI=1S/C26H22N4O4S2/c1-2-33-24(32)14-18-6-3-4-7-19(18)15-30-26(34-16-31)20(25(27-30)23-8-5-11-35-23)12-17-9-10-21-22(13-17)29-36-28-21/h3-11,13,16H,2,12,14-15H2,1H3. The number of aromatic nitrogens is 4. The molecule has 0 aliphatic heterocycles. The van der Waals surface area contributed by atoms with E-state index >= 15 is 0 Å². The topological polar surface area (TPSA) is 96.2 Å². The minimum Gasteiger partial charge on any atom is -0.466 e. The maximum Gasteiger partial charge on any atom is 0.310 e. The van der Waals surface area contributed by atoms with Crippen molar-refractivity contribution in [3.8, 4) is 16.5 Å². The summed E-state index contributed by atoms with van der Waals surface area (Å²) in [6.45, 7) is 2.86. The van der Waals surface area contributed by atoms with Gasteiger partial charge in [0.25, 0.3) is 6.47 Å². The van der Waals surface area contributed by atoms with E-state index in [1.165, 1.54) is 11.7 Å². The van der Waals surface area contributed by atoms with Gasteiger partial charge in [-0.25, -0.2) is 4.68 Å². The van der Waals surface area contributed by atoms with Gasteiger partial charge in [0.1, 0.15) is 16.7 Å². The van der Waals surface area contributed by atoms with Gasteiger partial charge in [-0.2, -0.15) is 13.8 Å². The van der Waals surface area contributed by atoms with E-state index < -0.39 is 0 Å². The molecule has 36 heavy (non-hydrogen) atoms. The van der Waals surface area contributed by atoms with E-state index in [1.807, 2.05) is 60.0 Å². The molecule has 3 aromatic heterocycles. The van der Waals surface area contributed by atoms with Crippen molar-refractivity contribution < 1.29 is 19.1 Å². The maximum absolute atomic E-state index is 12.2. The Hall–Kier alpha value is -3.89. The molecule has 5 rings (SSSR count).